The minimum absolute atomic E-state index is 0.125. The van der Waals surface area contributed by atoms with E-state index in [1.165, 1.54) is 10.8 Å². The lowest BCUT2D eigenvalue weighted by atomic mass is 10.0. The first kappa shape index (κ1) is 10.6. The van der Waals surface area contributed by atoms with Crippen molar-refractivity contribution in [3.05, 3.63) is 22.4 Å². The minimum atomic E-state index is -0.985. The fourth-order valence-corrected chi connectivity index (χ4v) is 1.46. The van der Waals surface area contributed by atoms with Gasteiger partial charge in [0.15, 0.2) is 0 Å². The summed E-state index contributed by atoms with van der Waals surface area (Å²) in [6.45, 7) is 5.26. The third kappa shape index (κ3) is 1.86. The number of aliphatic carboxylic acids is 1. The van der Waals surface area contributed by atoms with Gasteiger partial charge < -0.3 is 10.1 Å². The number of rotatable bonds is 3. The number of hydrogen-bond donors (Lipinski definition) is 2. The van der Waals surface area contributed by atoms with E-state index in [9.17, 15) is 9.59 Å². The average molecular weight is 198 g/mol. The molecular weight excluding hydrogens is 184 g/mol. The second-order valence-electron chi connectivity index (χ2n) is 3.68. The molecule has 0 aliphatic carbocycles. The molecule has 0 amide bonds. The lowest BCUT2D eigenvalue weighted by Gasteiger charge is -2.16. The van der Waals surface area contributed by atoms with Gasteiger partial charge in [-0.25, -0.2) is 9.59 Å². The van der Waals surface area contributed by atoms with Crippen molar-refractivity contribution in [2.75, 3.05) is 0 Å². The van der Waals surface area contributed by atoms with Gasteiger partial charge in [0, 0.05) is 11.9 Å². The molecule has 5 nitrogen and oxygen atoms in total. The summed E-state index contributed by atoms with van der Waals surface area (Å²) in [4.78, 5) is 24.8. The first-order valence-corrected chi connectivity index (χ1v) is 4.44. The molecule has 0 saturated heterocycles. The van der Waals surface area contributed by atoms with Crippen LogP contribution in [0, 0.1) is 12.8 Å². The van der Waals surface area contributed by atoms with E-state index < -0.39 is 12.0 Å². The molecule has 0 radical (unpaired) electrons. The van der Waals surface area contributed by atoms with Gasteiger partial charge in [-0.15, -0.1) is 0 Å². The smallest absolute Gasteiger partial charge is 0.327 e. The number of H-pyrrole nitrogens is 1. The fourth-order valence-electron chi connectivity index (χ4n) is 1.46. The second kappa shape index (κ2) is 3.69. The number of carboxylic acid groups (broad SMARTS) is 1. The maximum atomic E-state index is 11.3. The lowest BCUT2D eigenvalue weighted by Crippen LogP contribution is -2.31. The van der Waals surface area contributed by atoms with Gasteiger partial charge in [0.25, 0.3) is 0 Å². The first-order valence-electron chi connectivity index (χ1n) is 4.44. The van der Waals surface area contributed by atoms with Gasteiger partial charge in [-0.2, -0.15) is 0 Å². The third-order valence-electron chi connectivity index (χ3n) is 2.06. The van der Waals surface area contributed by atoms with E-state index in [1.54, 1.807) is 20.8 Å². The van der Waals surface area contributed by atoms with Gasteiger partial charge in [0.05, 0.1) is 0 Å². The Kier molecular flexibility index (Phi) is 2.78. The molecule has 0 fully saturated rings. The molecular formula is C9H14N2O3. The van der Waals surface area contributed by atoms with Crippen LogP contribution in [0.1, 0.15) is 25.6 Å². The summed E-state index contributed by atoms with van der Waals surface area (Å²) in [5, 5.41) is 8.96. The Hall–Kier alpha value is -1.52. The third-order valence-corrected chi connectivity index (χ3v) is 2.06. The molecule has 2 N–H and O–H groups in total. The number of imidazole rings is 1. The summed E-state index contributed by atoms with van der Waals surface area (Å²) in [6.07, 6.45) is 1.53. The summed E-state index contributed by atoms with van der Waals surface area (Å²) < 4.78 is 1.22. The van der Waals surface area contributed by atoms with E-state index in [2.05, 4.69) is 4.98 Å². The first-order chi connectivity index (χ1) is 6.43. The predicted octanol–water partition coefficient (Wildman–Crippen LogP) is 0.767. The summed E-state index contributed by atoms with van der Waals surface area (Å²) >= 11 is 0. The SMILES string of the molecule is Cc1cn([C@H](C(=O)O)C(C)C)c(=O)[nH]1. The fraction of sp³-hybridized carbons (Fsp3) is 0.556. The van der Waals surface area contributed by atoms with Crippen molar-refractivity contribution in [3.63, 3.8) is 0 Å². The topological polar surface area (TPSA) is 75.1 Å². The number of aromatic nitrogens is 2. The molecule has 0 unspecified atom stereocenters. The van der Waals surface area contributed by atoms with Gasteiger partial charge in [-0.05, 0) is 12.8 Å². The van der Waals surface area contributed by atoms with Crippen molar-refractivity contribution < 1.29 is 9.90 Å². The molecule has 0 aliphatic rings. The Bertz CT molecular complexity index is 389. The summed E-state index contributed by atoms with van der Waals surface area (Å²) in [7, 11) is 0. The number of carboxylic acids is 1. The highest BCUT2D eigenvalue weighted by Gasteiger charge is 2.24. The molecule has 0 spiro atoms. The Morgan fingerprint density at radius 3 is 2.43 bits per heavy atom. The molecule has 5 heteroatoms. The van der Waals surface area contributed by atoms with E-state index in [1.807, 2.05) is 0 Å². The van der Waals surface area contributed by atoms with E-state index in [4.69, 9.17) is 5.11 Å². The predicted molar refractivity (Wildman–Crippen MR) is 51.3 cm³/mol. The zero-order valence-electron chi connectivity index (χ0n) is 8.44. The molecule has 0 aliphatic heterocycles. The van der Waals surface area contributed by atoms with Crippen molar-refractivity contribution in [2.24, 2.45) is 5.92 Å². The molecule has 14 heavy (non-hydrogen) atoms. The molecule has 1 aromatic rings. The van der Waals surface area contributed by atoms with Crippen LogP contribution >= 0.6 is 0 Å². The van der Waals surface area contributed by atoms with Crippen LogP contribution in [0.3, 0.4) is 0 Å². The van der Waals surface area contributed by atoms with Crippen molar-refractivity contribution in [1.29, 1.82) is 0 Å². The number of nitrogens with one attached hydrogen (secondary N) is 1. The maximum absolute atomic E-state index is 11.3. The lowest BCUT2D eigenvalue weighted by molar-refractivity contribution is -0.142. The van der Waals surface area contributed by atoms with Gasteiger partial charge in [-0.1, -0.05) is 13.8 Å². The Balaban J connectivity index is 3.18. The number of aromatic amines is 1. The molecule has 1 heterocycles. The highest BCUT2D eigenvalue weighted by Crippen LogP contribution is 2.15. The largest absolute Gasteiger partial charge is 0.480 e. The summed E-state index contributed by atoms with van der Waals surface area (Å²) in [6, 6.07) is -0.799. The van der Waals surface area contributed by atoms with E-state index >= 15 is 0 Å². The average Bonchev–Trinajstić information content (AvgIpc) is 2.29. The number of aryl methyl sites for hydroxylation is 1. The molecule has 1 rings (SSSR count). The minimum Gasteiger partial charge on any atom is -0.480 e. The van der Waals surface area contributed by atoms with Gasteiger partial charge in [0.1, 0.15) is 6.04 Å². The van der Waals surface area contributed by atoms with Crippen LogP contribution in [0.4, 0.5) is 0 Å². The van der Waals surface area contributed by atoms with Crippen molar-refractivity contribution in [2.45, 2.75) is 26.8 Å². The van der Waals surface area contributed by atoms with Crippen molar-refractivity contribution in [3.8, 4) is 0 Å². The van der Waals surface area contributed by atoms with Crippen LogP contribution in [0.2, 0.25) is 0 Å². The van der Waals surface area contributed by atoms with Crippen LogP contribution in [-0.4, -0.2) is 20.6 Å². The molecule has 78 valence electrons. The van der Waals surface area contributed by atoms with Gasteiger partial charge in [-0.3, -0.25) is 4.57 Å². The molecule has 1 atom stereocenters. The Morgan fingerprint density at radius 1 is 1.57 bits per heavy atom. The molecule has 0 bridgehead atoms. The van der Waals surface area contributed by atoms with Crippen LogP contribution in [-0.2, 0) is 4.79 Å². The van der Waals surface area contributed by atoms with Crippen LogP contribution in [0.15, 0.2) is 11.0 Å². The van der Waals surface area contributed by atoms with Crippen LogP contribution < -0.4 is 5.69 Å². The normalized spacial score (nSPS) is 13.1. The molecule has 0 saturated carbocycles. The van der Waals surface area contributed by atoms with Gasteiger partial charge >= 0.3 is 11.7 Å². The van der Waals surface area contributed by atoms with E-state index in [-0.39, 0.29) is 11.6 Å². The van der Waals surface area contributed by atoms with E-state index in [0.717, 1.165) is 0 Å². The number of hydrogen-bond acceptors (Lipinski definition) is 2. The monoisotopic (exact) mass is 198 g/mol. The van der Waals surface area contributed by atoms with Crippen molar-refractivity contribution >= 4 is 5.97 Å². The highest BCUT2D eigenvalue weighted by molar-refractivity contribution is 5.72. The standard InChI is InChI=1S/C9H14N2O3/c1-5(2)7(8(12)13)11-4-6(3)10-9(11)14/h4-5,7H,1-3H3,(H,10,14)(H,12,13)/t7-/m0/s1. The second-order valence-corrected chi connectivity index (χ2v) is 3.68. The van der Waals surface area contributed by atoms with E-state index in [0.29, 0.717) is 5.69 Å². The summed E-state index contributed by atoms with van der Waals surface area (Å²) in [5.41, 5.74) is 0.297. The maximum Gasteiger partial charge on any atom is 0.327 e. The Morgan fingerprint density at radius 2 is 2.14 bits per heavy atom. The van der Waals surface area contributed by atoms with Crippen LogP contribution in [0.5, 0.6) is 0 Å². The van der Waals surface area contributed by atoms with Crippen molar-refractivity contribution in [1.82, 2.24) is 9.55 Å². The number of carbonyl (C=O) groups is 1. The highest BCUT2D eigenvalue weighted by atomic mass is 16.4. The van der Waals surface area contributed by atoms with Gasteiger partial charge in [0.2, 0.25) is 0 Å². The summed E-state index contributed by atoms with van der Waals surface area (Å²) in [5.74, 6) is -1.11. The quantitative estimate of drug-likeness (QED) is 0.753. The number of nitrogens with zero attached hydrogens (tertiary/aromatic N) is 1. The molecule has 1 aromatic heterocycles. The Labute approximate surface area is 81.4 Å². The zero-order chi connectivity index (χ0) is 10.9. The van der Waals surface area contributed by atoms with Crippen LogP contribution in [0.25, 0.3) is 0 Å². The molecule has 0 aromatic carbocycles. The zero-order valence-corrected chi connectivity index (χ0v) is 8.44.